The Morgan fingerprint density at radius 1 is 1.00 bits per heavy atom. The van der Waals surface area contributed by atoms with Gasteiger partial charge in [-0.1, -0.05) is 59.6 Å². The first-order valence-electron chi connectivity index (χ1n) is 9.26. The van der Waals surface area contributed by atoms with Crippen LogP contribution < -0.4 is 4.90 Å². The smallest absolute Gasteiger partial charge is 0.300 e. The SMILES string of the molecule is Cc1ccc(/C(O)=C2\C(=O)C(=O)N(c3cccc(F)c3)C2c2ccc(Cl)cc2)cc1. The van der Waals surface area contributed by atoms with Crippen LogP contribution in [-0.2, 0) is 9.59 Å². The number of amides is 1. The number of carbonyl (C=O) groups excluding carboxylic acids is 2. The second kappa shape index (κ2) is 7.76. The lowest BCUT2D eigenvalue weighted by Crippen LogP contribution is -2.29. The maximum atomic E-state index is 13.9. The summed E-state index contributed by atoms with van der Waals surface area (Å²) in [6.07, 6.45) is 0. The molecule has 1 aliphatic heterocycles. The van der Waals surface area contributed by atoms with Gasteiger partial charge in [0.15, 0.2) is 0 Å². The summed E-state index contributed by atoms with van der Waals surface area (Å²) in [6.45, 7) is 1.90. The van der Waals surface area contributed by atoms with Crippen molar-refractivity contribution in [3.8, 4) is 0 Å². The van der Waals surface area contributed by atoms with Gasteiger partial charge < -0.3 is 5.11 Å². The number of Topliss-reactive ketones (excluding diaryl/α,β-unsaturated/α-hetero) is 1. The van der Waals surface area contributed by atoms with E-state index in [4.69, 9.17) is 11.6 Å². The maximum Gasteiger partial charge on any atom is 0.300 e. The minimum absolute atomic E-state index is 0.0598. The topological polar surface area (TPSA) is 57.6 Å². The van der Waals surface area contributed by atoms with Gasteiger partial charge in [0, 0.05) is 16.3 Å². The zero-order chi connectivity index (χ0) is 21.4. The molecule has 1 atom stereocenters. The molecular weight excluding hydrogens is 405 g/mol. The third-order valence-corrected chi connectivity index (χ3v) is 5.29. The average molecular weight is 422 g/mol. The van der Waals surface area contributed by atoms with Gasteiger partial charge in [0.25, 0.3) is 11.7 Å². The van der Waals surface area contributed by atoms with E-state index in [9.17, 15) is 19.1 Å². The van der Waals surface area contributed by atoms with Crippen LogP contribution in [0.3, 0.4) is 0 Å². The van der Waals surface area contributed by atoms with Crippen LogP contribution in [0.2, 0.25) is 5.02 Å². The number of aliphatic hydroxyl groups excluding tert-OH is 1. The van der Waals surface area contributed by atoms with E-state index < -0.39 is 23.5 Å². The van der Waals surface area contributed by atoms with Crippen LogP contribution in [0.4, 0.5) is 10.1 Å². The second-order valence-corrected chi connectivity index (χ2v) is 7.50. The predicted molar refractivity (Wildman–Crippen MR) is 114 cm³/mol. The van der Waals surface area contributed by atoms with Gasteiger partial charge in [-0.3, -0.25) is 14.5 Å². The normalized spacial score (nSPS) is 18.1. The molecular formula is C24H17ClFNO3. The van der Waals surface area contributed by atoms with Crippen LogP contribution in [0.15, 0.2) is 78.4 Å². The molecule has 0 aliphatic carbocycles. The molecule has 1 unspecified atom stereocenters. The monoisotopic (exact) mass is 421 g/mol. The van der Waals surface area contributed by atoms with E-state index in [1.807, 2.05) is 6.92 Å². The highest BCUT2D eigenvalue weighted by atomic mass is 35.5. The lowest BCUT2D eigenvalue weighted by molar-refractivity contribution is -0.132. The molecule has 1 aliphatic rings. The van der Waals surface area contributed by atoms with E-state index in [0.29, 0.717) is 16.1 Å². The number of ketones is 1. The van der Waals surface area contributed by atoms with Gasteiger partial charge in [0.2, 0.25) is 0 Å². The Balaban J connectivity index is 1.95. The standard InChI is InChI=1S/C24H17ClFNO3/c1-14-5-7-16(8-6-14)22(28)20-21(15-9-11-17(25)12-10-15)27(24(30)23(20)29)19-4-2-3-18(26)13-19/h2-13,21,28H,1H3/b22-20+. The molecule has 0 aromatic heterocycles. The predicted octanol–water partition coefficient (Wildman–Crippen LogP) is 5.41. The van der Waals surface area contributed by atoms with Crippen LogP contribution in [0, 0.1) is 12.7 Å². The summed E-state index contributed by atoms with van der Waals surface area (Å²) in [5.41, 5.74) is 2.13. The molecule has 1 heterocycles. The Labute approximate surface area is 177 Å². The number of hydrogen-bond acceptors (Lipinski definition) is 3. The number of benzene rings is 3. The molecule has 1 fully saturated rings. The molecule has 4 rings (SSSR count). The number of carbonyl (C=O) groups is 2. The molecule has 0 radical (unpaired) electrons. The Morgan fingerprint density at radius 2 is 1.67 bits per heavy atom. The molecule has 30 heavy (non-hydrogen) atoms. The van der Waals surface area contributed by atoms with Gasteiger partial charge in [-0.15, -0.1) is 0 Å². The van der Waals surface area contributed by atoms with Gasteiger partial charge in [-0.05, 0) is 42.8 Å². The zero-order valence-corrected chi connectivity index (χ0v) is 16.7. The first-order valence-corrected chi connectivity index (χ1v) is 9.63. The summed E-state index contributed by atoms with van der Waals surface area (Å²) in [5.74, 6) is -2.50. The summed E-state index contributed by atoms with van der Waals surface area (Å²) in [4.78, 5) is 27.1. The van der Waals surface area contributed by atoms with Crippen molar-refractivity contribution in [3.63, 3.8) is 0 Å². The van der Waals surface area contributed by atoms with Crippen LogP contribution in [0.1, 0.15) is 22.7 Å². The largest absolute Gasteiger partial charge is 0.507 e. The van der Waals surface area contributed by atoms with E-state index in [1.54, 1.807) is 54.6 Å². The third kappa shape index (κ3) is 3.48. The highest BCUT2D eigenvalue weighted by molar-refractivity contribution is 6.51. The molecule has 0 bridgehead atoms. The summed E-state index contributed by atoms with van der Waals surface area (Å²) in [6, 6.07) is 18.1. The fourth-order valence-corrected chi connectivity index (χ4v) is 3.68. The van der Waals surface area contributed by atoms with Crippen molar-refractivity contribution >= 4 is 34.7 Å². The first-order chi connectivity index (χ1) is 14.4. The average Bonchev–Trinajstić information content (AvgIpc) is 2.99. The van der Waals surface area contributed by atoms with E-state index in [1.165, 1.54) is 23.1 Å². The van der Waals surface area contributed by atoms with Gasteiger partial charge in [-0.25, -0.2) is 4.39 Å². The van der Waals surface area contributed by atoms with Crippen LogP contribution in [0.25, 0.3) is 5.76 Å². The van der Waals surface area contributed by atoms with Crippen molar-refractivity contribution in [3.05, 3.63) is 106 Å². The number of nitrogens with zero attached hydrogens (tertiary/aromatic N) is 1. The Hall–Kier alpha value is -3.44. The van der Waals surface area contributed by atoms with E-state index in [2.05, 4.69) is 0 Å². The highest BCUT2D eigenvalue weighted by Crippen LogP contribution is 2.42. The molecule has 0 spiro atoms. The first kappa shape index (κ1) is 19.9. The molecule has 4 nitrogen and oxygen atoms in total. The molecule has 6 heteroatoms. The van der Waals surface area contributed by atoms with Crippen LogP contribution in [0.5, 0.6) is 0 Å². The Bertz CT molecular complexity index is 1170. The highest BCUT2D eigenvalue weighted by Gasteiger charge is 2.47. The van der Waals surface area contributed by atoms with Crippen molar-refractivity contribution < 1.29 is 19.1 Å². The Morgan fingerprint density at radius 3 is 2.30 bits per heavy atom. The summed E-state index contributed by atoms with van der Waals surface area (Å²) in [7, 11) is 0. The van der Waals surface area contributed by atoms with Crippen molar-refractivity contribution in [1.29, 1.82) is 0 Å². The van der Waals surface area contributed by atoms with Gasteiger partial charge in [0.1, 0.15) is 11.6 Å². The molecule has 1 saturated heterocycles. The van der Waals surface area contributed by atoms with E-state index >= 15 is 0 Å². The summed E-state index contributed by atoms with van der Waals surface area (Å²) >= 11 is 6.00. The van der Waals surface area contributed by atoms with Crippen molar-refractivity contribution in [2.45, 2.75) is 13.0 Å². The van der Waals surface area contributed by atoms with E-state index in [-0.39, 0.29) is 17.0 Å². The minimum Gasteiger partial charge on any atom is -0.507 e. The number of anilines is 1. The van der Waals surface area contributed by atoms with Gasteiger partial charge in [0.05, 0.1) is 11.6 Å². The summed E-state index contributed by atoms with van der Waals surface area (Å²) < 4.78 is 13.9. The van der Waals surface area contributed by atoms with Crippen molar-refractivity contribution in [2.75, 3.05) is 4.90 Å². The van der Waals surface area contributed by atoms with E-state index in [0.717, 1.165) is 5.56 Å². The lowest BCUT2D eigenvalue weighted by Gasteiger charge is -2.25. The number of aliphatic hydroxyl groups is 1. The third-order valence-electron chi connectivity index (χ3n) is 5.04. The lowest BCUT2D eigenvalue weighted by atomic mass is 9.95. The summed E-state index contributed by atoms with van der Waals surface area (Å²) in [5, 5.41) is 11.5. The molecule has 0 saturated carbocycles. The molecule has 150 valence electrons. The quantitative estimate of drug-likeness (QED) is 0.349. The molecule has 1 N–H and O–H groups in total. The fraction of sp³-hybridized carbons (Fsp3) is 0.0833. The van der Waals surface area contributed by atoms with Crippen molar-refractivity contribution in [2.24, 2.45) is 0 Å². The molecule has 3 aromatic rings. The number of rotatable bonds is 3. The number of halogens is 2. The fourth-order valence-electron chi connectivity index (χ4n) is 3.55. The van der Waals surface area contributed by atoms with Gasteiger partial charge >= 0.3 is 0 Å². The van der Waals surface area contributed by atoms with Gasteiger partial charge in [-0.2, -0.15) is 0 Å². The zero-order valence-electron chi connectivity index (χ0n) is 16.0. The molecule has 1 amide bonds. The van der Waals surface area contributed by atoms with Crippen molar-refractivity contribution in [1.82, 2.24) is 0 Å². The molecule has 3 aromatic carbocycles. The maximum absolute atomic E-state index is 13.9. The van der Waals surface area contributed by atoms with Crippen LogP contribution in [-0.4, -0.2) is 16.8 Å². The number of hydrogen-bond donors (Lipinski definition) is 1. The minimum atomic E-state index is -0.926. The Kier molecular flexibility index (Phi) is 5.14. The second-order valence-electron chi connectivity index (χ2n) is 7.07. The van der Waals surface area contributed by atoms with Crippen LogP contribution >= 0.6 is 11.6 Å². The number of aryl methyl sites for hydroxylation is 1.